The van der Waals surface area contributed by atoms with Gasteiger partial charge in [-0.2, -0.15) is 5.10 Å². The number of hydrazone groups is 1. The van der Waals surface area contributed by atoms with Crippen LogP contribution in [0.4, 0.5) is 5.69 Å². The first-order valence-electron chi connectivity index (χ1n) is 12.0. The number of hydrogen-bond donors (Lipinski definition) is 2. The summed E-state index contributed by atoms with van der Waals surface area (Å²) in [5.74, 6) is 0.0267. The van der Waals surface area contributed by atoms with Crippen molar-refractivity contribution in [1.29, 1.82) is 0 Å². The van der Waals surface area contributed by atoms with Crippen molar-refractivity contribution in [3.63, 3.8) is 0 Å². The molecule has 0 unspecified atom stereocenters. The minimum Gasteiger partial charge on any atom is -0.494 e. The number of sulfonamides is 1. The Kier molecular flexibility index (Phi) is 7.06. The average molecular weight is 524 g/mol. The van der Waals surface area contributed by atoms with Crippen molar-refractivity contribution >= 4 is 49.4 Å². The fourth-order valence-electron chi connectivity index (χ4n) is 4.26. The molecule has 7 nitrogen and oxygen atoms in total. The lowest BCUT2D eigenvalue weighted by Gasteiger charge is -2.12. The van der Waals surface area contributed by atoms with Gasteiger partial charge < -0.3 is 4.74 Å². The van der Waals surface area contributed by atoms with E-state index < -0.39 is 15.9 Å². The topological polar surface area (TPSA) is 96.9 Å². The molecule has 0 spiro atoms. The number of anilines is 1. The van der Waals surface area contributed by atoms with Gasteiger partial charge in [0.2, 0.25) is 0 Å². The summed E-state index contributed by atoms with van der Waals surface area (Å²) in [7, 11) is -3.94. The number of amides is 1. The first kappa shape index (κ1) is 25.0. The third kappa shape index (κ3) is 5.21. The molecule has 0 saturated carbocycles. The third-order valence-corrected chi connectivity index (χ3v) is 7.42. The Morgan fingerprint density at radius 2 is 1.45 bits per heavy atom. The van der Waals surface area contributed by atoms with E-state index in [-0.39, 0.29) is 16.1 Å². The number of hydrogen-bond acceptors (Lipinski definition) is 5. The van der Waals surface area contributed by atoms with Gasteiger partial charge in [-0.15, -0.1) is 0 Å². The lowest BCUT2D eigenvalue weighted by Crippen LogP contribution is -2.21. The number of benzene rings is 5. The number of nitrogens with zero attached hydrogens (tertiary/aromatic N) is 1. The van der Waals surface area contributed by atoms with E-state index in [2.05, 4.69) is 21.3 Å². The molecule has 0 radical (unpaired) electrons. The molecule has 0 aliphatic rings. The zero-order valence-corrected chi connectivity index (χ0v) is 21.4. The third-order valence-electron chi connectivity index (χ3n) is 6.03. The summed E-state index contributed by atoms with van der Waals surface area (Å²) in [4.78, 5) is 13.1. The van der Waals surface area contributed by atoms with Crippen LogP contribution in [0.3, 0.4) is 0 Å². The summed E-state index contributed by atoms with van der Waals surface area (Å²) in [5.41, 5.74) is 3.71. The van der Waals surface area contributed by atoms with E-state index in [0.717, 1.165) is 27.1 Å². The molecular weight excluding hydrogens is 498 g/mol. The van der Waals surface area contributed by atoms with Gasteiger partial charge in [0.15, 0.2) is 0 Å². The second-order valence-corrected chi connectivity index (χ2v) is 10.2. The monoisotopic (exact) mass is 523 g/mol. The Hall–Kier alpha value is -4.69. The van der Waals surface area contributed by atoms with Crippen LogP contribution in [0.5, 0.6) is 5.75 Å². The Bertz CT molecular complexity index is 1710. The van der Waals surface area contributed by atoms with Crippen molar-refractivity contribution in [2.75, 3.05) is 11.3 Å². The van der Waals surface area contributed by atoms with Gasteiger partial charge in [-0.1, -0.05) is 60.7 Å². The van der Waals surface area contributed by atoms with Crippen LogP contribution in [0.15, 0.2) is 113 Å². The molecule has 0 aliphatic carbocycles. The van der Waals surface area contributed by atoms with Crippen molar-refractivity contribution in [2.45, 2.75) is 11.8 Å². The number of carbonyl (C=O) groups excluding carboxylic acids is 1. The Morgan fingerprint density at radius 3 is 2.11 bits per heavy atom. The maximum Gasteiger partial charge on any atom is 0.273 e. The standard InChI is InChI=1S/C30H25N3O4S/c1-2-37-23-15-17-24(18-16-23)38(35,36)33-29-14-8-7-13-27(29)30(34)32-31-20-28-25-11-5-3-9-21(25)19-22-10-4-6-12-26(22)28/h3-20,33H,2H2,1H3,(H,32,34). The zero-order chi connectivity index (χ0) is 26.5. The van der Waals surface area contributed by atoms with Gasteiger partial charge in [0.1, 0.15) is 5.75 Å². The lowest BCUT2D eigenvalue weighted by atomic mass is 9.97. The van der Waals surface area contributed by atoms with Gasteiger partial charge in [-0.25, -0.2) is 13.8 Å². The van der Waals surface area contributed by atoms with Crippen molar-refractivity contribution in [2.24, 2.45) is 5.10 Å². The molecule has 5 aromatic carbocycles. The van der Waals surface area contributed by atoms with Crippen molar-refractivity contribution in [3.8, 4) is 5.75 Å². The molecular formula is C30H25N3O4S. The van der Waals surface area contributed by atoms with Crippen LogP contribution in [0.25, 0.3) is 21.5 Å². The lowest BCUT2D eigenvalue weighted by molar-refractivity contribution is 0.0956. The molecule has 0 aliphatic heterocycles. The molecule has 190 valence electrons. The second kappa shape index (κ2) is 10.7. The van der Waals surface area contributed by atoms with Gasteiger partial charge >= 0.3 is 0 Å². The molecule has 0 aromatic heterocycles. The second-order valence-electron chi connectivity index (χ2n) is 8.49. The minimum absolute atomic E-state index is 0.0528. The van der Waals surface area contributed by atoms with Crippen LogP contribution >= 0.6 is 0 Å². The zero-order valence-electron chi connectivity index (χ0n) is 20.6. The number of fused-ring (bicyclic) bond motifs is 2. The predicted octanol–water partition coefficient (Wildman–Crippen LogP) is 5.96. The van der Waals surface area contributed by atoms with Gasteiger partial charge in [-0.3, -0.25) is 9.52 Å². The Morgan fingerprint density at radius 1 is 0.842 bits per heavy atom. The molecule has 2 N–H and O–H groups in total. The SMILES string of the molecule is CCOc1ccc(S(=O)(=O)Nc2ccccc2C(=O)NN=Cc2c3ccccc3cc3ccccc23)cc1. The Labute approximate surface area is 220 Å². The van der Waals surface area contributed by atoms with E-state index in [9.17, 15) is 13.2 Å². The summed E-state index contributed by atoms with van der Waals surface area (Å²) >= 11 is 0. The fourth-order valence-corrected chi connectivity index (χ4v) is 5.34. The van der Waals surface area contributed by atoms with E-state index in [1.165, 1.54) is 24.3 Å². The highest BCUT2D eigenvalue weighted by Crippen LogP contribution is 2.27. The van der Waals surface area contributed by atoms with Crippen LogP contribution in [-0.4, -0.2) is 27.1 Å². The van der Waals surface area contributed by atoms with Gasteiger partial charge in [0, 0.05) is 5.56 Å². The van der Waals surface area contributed by atoms with Crippen LogP contribution in [-0.2, 0) is 10.0 Å². The minimum atomic E-state index is -3.94. The number of para-hydroxylation sites is 1. The predicted molar refractivity (Wildman–Crippen MR) is 151 cm³/mol. The van der Waals surface area contributed by atoms with Gasteiger partial charge in [-0.05, 0) is 70.9 Å². The van der Waals surface area contributed by atoms with Crippen LogP contribution in [0.2, 0.25) is 0 Å². The van der Waals surface area contributed by atoms with E-state index in [4.69, 9.17) is 4.74 Å². The quantitative estimate of drug-likeness (QED) is 0.149. The van der Waals surface area contributed by atoms with E-state index in [0.29, 0.717) is 12.4 Å². The molecule has 8 heteroatoms. The Balaban J connectivity index is 1.39. The molecule has 0 bridgehead atoms. The van der Waals surface area contributed by atoms with Gasteiger partial charge in [0.05, 0.1) is 29.0 Å². The first-order chi connectivity index (χ1) is 18.5. The average Bonchev–Trinajstić information content (AvgIpc) is 2.93. The summed E-state index contributed by atoms with van der Waals surface area (Å²) in [6.07, 6.45) is 1.62. The summed E-state index contributed by atoms with van der Waals surface area (Å²) in [6, 6.07) is 30.5. The van der Waals surface area contributed by atoms with E-state index in [1.54, 1.807) is 30.5 Å². The summed E-state index contributed by atoms with van der Waals surface area (Å²) in [5, 5.41) is 8.37. The number of ether oxygens (including phenoxy) is 1. The molecule has 0 saturated heterocycles. The highest BCUT2D eigenvalue weighted by atomic mass is 32.2. The number of carbonyl (C=O) groups is 1. The highest BCUT2D eigenvalue weighted by molar-refractivity contribution is 7.92. The number of nitrogens with one attached hydrogen (secondary N) is 2. The molecule has 5 rings (SSSR count). The molecule has 38 heavy (non-hydrogen) atoms. The number of rotatable bonds is 8. The van der Waals surface area contributed by atoms with E-state index >= 15 is 0 Å². The van der Waals surface area contributed by atoms with E-state index in [1.807, 2.05) is 55.5 Å². The largest absolute Gasteiger partial charge is 0.494 e. The van der Waals surface area contributed by atoms with Crippen LogP contribution in [0, 0.1) is 0 Å². The summed E-state index contributed by atoms with van der Waals surface area (Å²) < 4.78 is 33.8. The maximum atomic E-state index is 13.0. The normalized spacial score (nSPS) is 11.6. The fraction of sp³-hybridized carbons (Fsp3) is 0.0667. The van der Waals surface area contributed by atoms with Crippen molar-refractivity contribution in [3.05, 3.63) is 114 Å². The van der Waals surface area contributed by atoms with Crippen LogP contribution in [0.1, 0.15) is 22.8 Å². The molecule has 0 heterocycles. The smallest absolute Gasteiger partial charge is 0.273 e. The summed E-state index contributed by atoms with van der Waals surface area (Å²) in [6.45, 7) is 2.33. The highest BCUT2D eigenvalue weighted by Gasteiger charge is 2.19. The van der Waals surface area contributed by atoms with Crippen LogP contribution < -0.4 is 14.9 Å². The molecule has 5 aromatic rings. The molecule has 0 fully saturated rings. The van der Waals surface area contributed by atoms with Gasteiger partial charge in [0.25, 0.3) is 15.9 Å². The van der Waals surface area contributed by atoms with Crippen molar-refractivity contribution in [1.82, 2.24) is 5.43 Å². The maximum absolute atomic E-state index is 13.0. The molecule has 1 amide bonds. The molecule has 0 atom stereocenters. The first-order valence-corrected chi connectivity index (χ1v) is 13.5. The van der Waals surface area contributed by atoms with Crippen molar-refractivity contribution < 1.29 is 17.9 Å².